The molecule has 0 saturated carbocycles. The highest BCUT2D eigenvalue weighted by molar-refractivity contribution is 7.98. The van der Waals surface area contributed by atoms with Gasteiger partial charge in [-0.2, -0.15) is 0 Å². The fourth-order valence-corrected chi connectivity index (χ4v) is 3.64. The second-order valence-electron chi connectivity index (χ2n) is 6.08. The average Bonchev–Trinajstić information content (AvgIpc) is 3.02. The minimum Gasteiger partial charge on any atom is -0.457 e. The number of rotatable bonds is 7. The molecule has 1 aromatic carbocycles. The zero-order valence-electron chi connectivity index (χ0n) is 15.5. The van der Waals surface area contributed by atoms with Crippen LogP contribution in [0.1, 0.15) is 43.3 Å². The van der Waals surface area contributed by atoms with Gasteiger partial charge in [-0.05, 0) is 43.7 Å². The van der Waals surface area contributed by atoms with E-state index in [9.17, 15) is 9.59 Å². The monoisotopic (exact) mass is 397 g/mol. The van der Waals surface area contributed by atoms with E-state index in [2.05, 4.69) is 10.1 Å². The number of carbonyl (C=O) groups excluding carboxylic acids is 2. The van der Waals surface area contributed by atoms with Crippen LogP contribution in [0.25, 0.3) is 0 Å². The highest BCUT2D eigenvalue weighted by Crippen LogP contribution is 2.27. The molecule has 28 heavy (non-hydrogen) atoms. The summed E-state index contributed by atoms with van der Waals surface area (Å²) in [4.78, 5) is 27.9. The predicted molar refractivity (Wildman–Crippen MR) is 104 cm³/mol. The fourth-order valence-electron chi connectivity index (χ4n) is 2.50. The Morgan fingerprint density at radius 2 is 1.93 bits per heavy atom. The van der Waals surface area contributed by atoms with Gasteiger partial charge in [-0.3, -0.25) is 4.79 Å². The zero-order valence-corrected chi connectivity index (χ0v) is 16.3. The molecule has 3 aromatic rings. The van der Waals surface area contributed by atoms with Crippen LogP contribution < -0.4 is 5.73 Å². The number of ether oxygens (including phenoxy) is 1. The van der Waals surface area contributed by atoms with Crippen LogP contribution in [0.4, 0.5) is 0 Å². The number of benzene rings is 1. The summed E-state index contributed by atoms with van der Waals surface area (Å²) < 4.78 is 10.6. The Labute approximate surface area is 166 Å². The number of thioether (sulfide) groups is 1. The van der Waals surface area contributed by atoms with Gasteiger partial charge < -0.3 is 15.0 Å². The largest absolute Gasteiger partial charge is 0.457 e. The summed E-state index contributed by atoms with van der Waals surface area (Å²) in [7, 11) is 0. The summed E-state index contributed by atoms with van der Waals surface area (Å²) in [5.74, 6) is 0.379. The molecule has 0 atom stereocenters. The van der Waals surface area contributed by atoms with Crippen molar-refractivity contribution < 1.29 is 18.8 Å². The summed E-state index contributed by atoms with van der Waals surface area (Å²) >= 11 is 1.42. The first-order valence-electron chi connectivity index (χ1n) is 8.51. The highest BCUT2D eigenvalue weighted by Gasteiger charge is 2.16. The van der Waals surface area contributed by atoms with Crippen LogP contribution in [0.3, 0.4) is 0 Å². The van der Waals surface area contributed by atoms with Gasteiger partial charge in [0.15, 0.2) is 0 Å². The number of hydrogen-bond acceptors (Lipinski definition) is 7. The van der Waals surface area contributed by atoms with E-state index in [1.807, 2.05) is 13.8 Å². The van der Waals surface area contributed by atoms with Crippen LogP contribution in [-0.2, 0) is 17.1 Å². The van der Waals surface area contributed by atoms with E-state index < -0.39 is 11.9 Å². The molecule has 0 aliphatic carbocycles. The predicted octanol–water partition coefficient (Wildman–Crippen LogP) is 3.43. The Hall–Kier alpha value is -3.13. The SMILES string of the molecule is Cc1noc(C)c1CSc1ncccc1C(=O)OCc1ccc(C(N)=O)cc1. The van der Waals surface area contributed by atoms with Gasteiger partial charge in [0.2, 0.25) is 5.91 Å². The molecule has 0 spiro atoms. The van der Waals surface area contributed by atoms with E-state index in [0.29, 0.717) is 21.9 Å². The molecule has 0 unspecified atom stereocenters. The van der Waals surface area contributed by atoms with Gasteiger partial charge in [0.1, 0.15) is 17.4 Å². The van der Waals surface area contributed by atoms with Gasteiger partial charge in [-0.1, -0.05) is 17.3 Å². The third kappa shape index (κ3) is 4.58. The number of nitrogens with two attached hydrogens (primary N) is 1. The number of primary amides is 1. The lowest BCUT2D eigenvalue weighted by Gasteiger charge is -2.09. The van der Waals surface area contributed by atoms with Crippen LogP contribution in [0, 0.1) is 13.8 Å². The van der Waals surface area contributed by atoms with E-state index in [1.54, 1.807) is 42.6 Å². The van der Waals surface area contributed by atoms with Crippen molar-refractivity contribution in [3.05, 3.63) is 76.3 Å². The number of aryl methyl sites for hydroxylation is 2. The first-order valence-corrected chi connectivity index (χ1v) is 9.49. The Bertz CT molecular complexity index is 979. The molecule has 2 heterocycles. The van der Waals surface area contributed by atoms with Gasteiger partial charge in [0, 0.05) is 23.1 Å². The minimum atomic E-state index is -0.501. The van der Waals surface area contributed by atoms with Crippen LogP contribution in [0.15, 0.2) is 52.1 Å². The van der Waals surface area contributed by atoms with Crippen molar-refractivity contribution in [2.45, 2.75) is 31.2 Å². The molecule has 0 aliphatic heterocycles. The van der Waals surface area contributed by atoms with Crippen molar-refractivity contribution >= 4 is 23.6 Å². The quantitative estimate of drug-likeness (QED) is 0.480. The second-order valence-corrected chi connectivity index (χ2v) is 7.05. The van der Waals surface area contributed by atoms with Gasteiger partial charge in [0.25, 0.3) is 0 Å². The fraction of sp³-hybridized carbons (Fsp3) is 0.200. The Balaban J connectivity index is 1.66. The lowest BCUT2D eigenvalue weighted by molar-refractivity contribution is 0.0467. The van der Waals surface area contributed by atoms with Crippen LogP contribution in [0.2, 0.25) is 0 Å². The summed E-state index contributed by atoms with van der Waals surface area (Å²) in [5.41, 5.74) is 8.59. The minimum absolute atomic E-state index is 0.0841. The van der Waals surface area contributed by atoms with Crippen molar-refractivity contribution in [1.29, 1.82) is 0 Å². The number of nitrogens with zero attached hydrogens (tertiary/aromatic N) is 2. The molecule has 2 aromatic heterocycles. The standard InChI is InChI=1S/C20H19N3O4S/c1-12-17(13(2)27-23-12)11-28-19-16(4-3-9-22-19)20(25)26-10-14-5-7-15(8-6-14)18(21)24/h3-9H,10-11H2,1-2H3,(H2,21,24). The number of hydrogen-bond donors (Lipinski definition) is 1. The number of aromatic nitrogens is 2. The van der Waals surface area contributed by atoms with Gasteiger partial charge >= 0.3 is 5.97 Å². The third-order valence-electron chi connectivity index (χ3n) is 4.13. The van der Waals surface area contributed by atoms with Crippen molar-refractivity contribution in [2.24, 2.45) is 5.73 Å². The van der Waals surface area contributed by atoms with E-state index in [0.717, 1.165) is 22.6 Å². The third-order valence-corrected chi connectivity index (χ3v) is 5.17. The van der Waals surface area contributed by atoms with Gasteiger partial charge in [-0.25, -0.2) is 9.78 Å². The second kappa shape index (κ2) is 8.71. The maximum atomic E-state index is 12.5. The van der Waals surface area contributed by atoms with Crippen molar-refractivity contribution in [3.63, 3.8) is 0 Å². The summed E-state index contributed by atoms with van der Waals surface area (Å²) in [6.07, 6.45) is 1.63. The highest BCUT2D eigenvalue weighted by atomic mass is 32.2. The van der Waals surface area contributed by atoms with Crippen LogP contribution in [-0.4, -0.2) is 22.0 Å². The lowest BCUT2D eigenvalue weighted by Crippen LogP contribution is -2.11. The van der Waals surface area contributed by atoms with E-state index in [1.165, 1.54) is 11.8 Å². The molecule has 1 amide bonds. The maximum Gasteiger partial charge on any atom is 0.341 e. The Morgan fingerprint density at radius 1 is 1.18 bits per heavy atom. The molecular formula is C20H19N3O4S. The first kappa shape index (κ1) is 19.6. The van der Waals surface area contributed by atoms with E-state index >= 15 is 0 Å². The molecule has 0 aliphatic rings. The molecule has 2 N–H and O–H groups in total. The lowest BCUT2D eigenvalue weighted by atomic mass is 10.1. The number of carbonyl (C=O) groups is 2. The van der Waals surface area contributed by atoms with Gasteiger partial charge in [-0.15, -0.1) is 11.8 Å². The Morgan fingerprint density at radius 3 is 2.57 bits per heavy atom. The normalized spacial score (nSPS) is 10.6. The molecule has 0 bridgehead atoms. The Kier molecular flexibility index (Phi) is 6.10. The van der Waals surface area contributed by atoms with E-state index in [4.69, 9.17) is 15.0 Å². The number of amides is 1. The van der Waals surface area contributed by atoms with Crippen LogP contribution in [0.5, 0.6) is 0 Å². The maximum absolute atomic E-state index is 12.5. The number of esters is 1. The molecular weight excluding hydrogens is 378 g/mol. The number of pyridine rings is 1. The molecule has 0 radical (unpaired) electrons. The first-order chi connectivity index (χ1) is 13.5. The molecule has 3 rings (SSSR count). The topological polar surface area (TPSA) is 108 Å². The molecule has 7 nitrogen and oxygen atoms in total. The van der Waals surface area contributed by atoms with Crippen molar-refractivity contribution in [1.82, 2.24) is 10.1 Å². The van der Waals surface area contributed by atoms with Crippen LogP contribution >= 0.6 is 11.8 Å². The summed E-state index contributed by atoms with van der Waals surface area (Å²) in [6.45, 7) is 3.82. The van der Waals surface area contributed by atoms with Crippen molar-refractivity contribution in [3.8, 4) is 0 Å². The molecule has 8 heteroatoms. The summed E-state index contributed by atoms with van der Waals surface area (Å²) in [5, 5.41) is 4.52. The smallest absolute Gasteiger partial charge is 0.341 e. The van der Waals surface area contributed by atoms with Gasteiger partial charge in [0.05, 0.1) is 11.3 Å². The average molecular weight is 397 g/mol. The summed E-state index contributed by atoms with van der Waals surface area (Å²) in [6, 6.07) is 9.97. The molecule has 0 saturated heterocycles. The molecule has 0 fully saturated rings. The van der Waals surface area contributed by atoms with E-state index in [-0.39, 0.29) is 6.61 Å². The van der Waals surface area contributed by atoms with Crippen molar-refractivity contribution in [2.75, 3.05) is 0 Å². The zero-order chi connectivity index (χ0) is 20.1. The molecule has 144 valence electrons.